The van der Waals surface area contributed by atoms with Crippen molar-refractivity contribution in [2.24, 2.45) is 0 Å². The van der Waals surface area contributed by atoms with Gasteiger partial charge in [0.25, 0.3) is 0 Å². The Labute approximate surface area is 71.0 Å². The quantitative estimate of drug-likeness (QED) is 0.592. The Kier molecular flexibility index (Phi) is 1.71. The van der Waals surface area contributed by atoms with Gasteiger partial charge in [0, 0.05) is 19.2 Å². The Balaban J connectivity index is 2.27. The standard InChI is InChI=1S/C9H11FN2/c1-7-2-4-11-6-8(7)12-5-3-9(12)10/h2,4,6,9H,3,5H2,1H3. The molecule has 0 amide bonds. The van der Waals surface area contributed by atoms with Gasteiger partial charge >= 0.3 is 0 Å². The fraction of sp³-hybridized carbons (Fsp3) is 0.444. The molecule has 1 aliphatic rings. The normalized spacial score (nSPS) is 22.2. The minimum atomic E-state index is -0.798. The van der Waals surface area contributed by atoms with E-state index in [2.05, 4.69) is 4.98 Å². The van der Waals surface area contributed by atoms with E-state index in [4.69, 9.17) is 0 Å². The zero-order chi connectivity index (χ0) is 8.55. The number of alkyl halides is 1. The highest BCUT2D eigenvalue weighted by atomic mass is 19.1. The van der Waals surface area contributed by atoms with Crippen molar-refractivity contribution in [3.8, 4) is 0 Å². The fourth-order valence-corrected chi connectivity index (χ4v) is 1.38. The molecule has 12 heavy (non-hydrogen) atoms. The molecule has 1 aromatic heterocycles. The van der Waals surface area contributed by atoms with Crippen LogP contribution in [0, 0.1) is 6.92 Å². The first-order valence-electron chi connectivity index (χ1n) is 4.10. The molecule has 3 heteroatoms. The molecule has 1 atom stereocenters. The van der Waals surface area contributed by atoms with E-state index in [-0.39, 0.29) is 0 Å². The van der Waals surface area contributed by atoms with Crippen LogP contribution in [0.4, 0.5) is 10.1 Å². The number of halogens is 1. The first-order valence-corrected chi connectivity index (χ1v) is 4.10. The van der Waals surface area contributed by atoms with Gasteiger partial charge in [0.1, 0.15) is 0 Å². The highest BCUT2D eigenvalue weighted by Gasteiger charge is 2.28. The maximum Gasteiger partial charge on any atom is 0.174 e. The number of hydrogen-bond acceptors (Lipinski definition) is 2. The molecule has 1 aromatic rings. The molecule has 0 aromatic carbocycles. The zero-order valence-corrected chi connectivity index (χ0v) is 7.00. The molecule has 0 saturated carbocycles. The Hall–Kier alpha value is -1.12. The van der Waals surface area contributed by atoms with Crippen molar-refractivity contribution >= 4 is 5.69 Å². The topological polar surface area (TPSA) is 16.1 Å². The maximum atomic E-state index is 12.9. The van der Waals surface area contributed by atoms with E-state index >= 15 is 0 Å². The fourth-order valence-electron chi connectivity index (χ4n) is 1.38. The highest BCUT2D eigenvalue weighted by molar-refractivity contribution is 5.53. The average Bonchev–Trinajstić information content (AvgIpc) is 2.06. The summed E-state index contributed by atoms with van der Waals surface area (Å²) in [7, 11) is 0. The zero-order valence-electron chi connectivity index (χ0n) is 7.00. The lowest BCUT2D eigenvalue weighted by molar-refractivity contribution is 0.236. The minimum Gasteiger partial charge on any atom is -0.340 e. The third kappa shape index (κ3) is 1.05. The molecule has 2 heterocycles. The van der Waals surface area contributed by atoms with Crippen LogP contribution in [0.25, 0.3) is 0 Å². The predicted molar refractivity (Wildman–Crippen MR) is 45.8 cm³/mol. The number of aryl methyl sites for hydroxylation is 1. The van der Waals surface area contributed by atoms with E-state index in [9.17, 15) is 4.39 Å². The summed E-state index contributed by atoms with van der Waals surface area (Å²) in [5.74, 6) is 0. The lowest BCUT2D eigenvalue weighted by Gasteiger charge is -2.37. The Morgan fingerprint density at radius 3 is 3.00 bits per heavy atom. The van der Waals surface area contributed by atoms with Crippen molar-refractivity contribution in [1.29, 1.82) is 0 Å². The molecule has 0 bridgehead atoms. The molecule has 2 nitrogen and oxygen atoms in total. The van der Waals surface area contributed by atoms with E-state index in [0.29, 0.717) is 6.42 Å². The molecular formula is C9H11FN2. The average molecular weight is 166 g/mol. The first-order chi connectivity index (χ1) is 5.79. The van der Waals surface area contributed by atoms with Gasteiger partial charge in [0.05, 0.1) is 11.9 Å². The van der Waals surface area contributed by atoms with Crippen LogP contribution in [0.2, 0.25) is 0 Å². The van der Waals surface area contributed by atoms with Gasteiger partial charge in [0.15, 0.2) is 6.30 Å². The summed E-state index contributed by atoms with van der Waals surface area (Å²) >= 11 is 0. The number of rotatable bonds is 1. The summed E-state index contributed by atoms with van der Waals surface area (Å²) in [4.78, 5) is 5.71. The summed E-state index contributed by atoms with van der Waals surface area (Å²) in [5, 5.41) is 0. The molecule has 2 rings (SSSR count). The highest BCUT2D eigenvalue weighted by Crippen LogP contribution is 2.28. The van der Waals surface area contributed by atoms with Crippen LogP contribution in [0.15, 0.2) is 18.5 Å². The Bertz CT molecular complexity index is 288. The molecule has 1 fully saturated rings. The molecule has 0 spiro atoms. The van der Waals surface area contributed by atoms with Crippen LogP contribution in [-0.2, 0) is 0 Å². The van der Waals surface area contributed by atoms with Crippen LogP contribution in [0.3, 0.4) is 0 Å². The second-order valence-electron chi connectivity index (χ2n) is 3.08. The van der Waals surface area contributed by atoms with Gasteiger partial charge in [-0.15, -0.1) is 0 Å². The summed E-state index contributed by atoms with van der Waals surface area (Å²) in [6, 6.07) is 1.90. The monoisotopic (exact) mass is 166 g/mol. The number of hydrogen-bond donors (Lipinski definition) is 0. The minimum absolute atomic E-state index is 0.647. The number of pyridine rings is 1. The van der Waals surface area contributed by atoms with Crippen molar-refractivity contribution in [2.45, 2.75) is 19.6 Å². The van der Waals surface area contributed by atoms with Crippen molar-refractivity contribution < 1.29 is 4.39 Å². The lowest BCUT2D eigenvalue weighted by atomic mass is 10.1. The van der Waals surface area contributed by atoms with Gasteiger partial charge < -0.3 is 4.90 Å². The number of aromatic nitrogens is 1. The third-order valence-corrected chi connectivity index (χ3v) is 2.27. The van der Waals surface area contributed by atoms with E-state index in [1.165, 1.54) is 0 Å². The smallest absolute Gasteiger partial charge is 0.174 e. The van der Waals surface area contributed by atoms with Crippen molar-refractivity contribution in [2.75, 3.05) is 11.4 Å². The summed E-state index contributed by atoms with van der Waals surface area (Å²) in [6.45, 7) is 2.79. The number of anilines is 1. The van der Waals surface area contributed by atoms with Crippen molar-refractivity contribution in [3.05, 3.63) is 24.0 Å². The maximum absolute atomic E-state index is 12.9. The van der Waals surface area contributed by atoms with Gasteiger partial charge in [-0.25, -0.2) is 4.39 Å². The molecular weight excluding hydrogens is 155 g/mol. The van der Waals surface area contributed by atoms with Gasteiger partial charge in [0.2, 0.25) is 0 Å². The SMILES string of the molecule is Cc1ccncc1N1CCC1F. The lowest BCUT2D eigenvalue weighted by Crippen LogP contribution is -2.45. The van der Waals surface area contributed by atoms with E-state index in [1.807, 2.05) is 13.0 Å². The van der Waals surface area contributed by atoms with Crippen molar-refractivity contribution in [3.63, 3.8) is 0 Å². The summed E-state index contributed by atoms with van der Waals surface area (Å²) < 4.78 is 12.9. The largest absolute Gasteiger partial charge is 0.340 e. The van der Waals surface area contributed by atoms with E-state index in [0.717, 1.165) is 17.8 Å². The van der Waals surface area contributed by atoms with Crippen LogP contribution in [0.1, 0.15) is 12.0 Å². The van der Waals surface area contributed by atoms with E-state index < -0.39 is 6.30 Å². The van der Waals surface area contributed by atoms with Crippen molar-refractivity contribution in [1.82, 2.24) is 4.98 Å². The van der Waals surface area contributed by atoms with Gasteiger partial charge in [-0.3, -0.25) is 4.98 Å². The van der Waals surface area contributed by atoms with Gasteiger partial charge in [-0.1, -0.05) is 0 Å². The van der Waals surface area contributed by atoms with Gasteiger partial charge in [-0.05, 0) is 18.6 Å². The Morgan fingerprint density at radius 1 is 1.67 bits per heavy atom. The first kappa shape index (κ1) is 7.53. The van der Waals surface area contributed by atoms with E-state index in [1.54, 1.807) is 17.3 Å². The third-order valence-electron chi connectivity index (χ3n) is 2.27. The van der Waals surface area contributed by atoms with Gasteiger partial charge in [-0.2, -0.15) is 0 Å². The van der Waals surface area contributed by atoms with Crippen LogP contribution in [0.5, 0.6) is 0 Å². The van der Waals surface area contributed by atoms with Crippen LogP contribution in [-0.4, -0.2) is 17.8 Å². The van der Waals surface area contributed by atoms with Crippen LogP contribution >= 0.6 is 0 Å². The molecule has 1 unspecified atom stereocenters. The summed E-state index contributed by atoms with van der Waals surface area (Å²) in [5.41, 5.74) is 2.02. The Morgan fingerprint density at radius 2 is 2.50 bits per heavy atom. The molecule has 0 N–H and O–H groups in total. The summed E-state index contributed by atoms with van der Waals surface area (Å²) in [6.07, 6.45) is 3.30. The molecule has 64 valence electrons. The number of nitrogens with zero attached hydrogens (tertiary/aromatic N) is 2. The molecule has 1 saturated heterocycles. The second-order valence-corrected chi connectivity index (χ2v) is 3.08. The molecule has 0 radical (unpaired) electrons. The second kappa shape index (κ2) is 2.73. The van der Waals surface area contributed by atoms with Crippen LogP contribution < -0.4 is 4.90 Å². The molecule has 0 aliphatic carbocycles. The predicted octanol–water partition coefficient (Wildman–Crippen LogP) is 1.90. The molecule has 1 aliphatic heterocycles.